The van der Waals surface area contributed by atoms with Crippen molar-refractivity contribution in [3.63, 3.8) is 0 Å². The molecule has 8 heteroatoms. The van der Waals surface area contributed by atoms with Crippen molar-refractivity contribution in [3.8, 4) is 22.3 Å². The van der Waals surface area contributed by atoms with Crippen molar-refractivity contribution in [1.29, 1.82) is 0 Å². The predicted molar refractivity (Wildman–Crippen MR) is 127 cm³/mol. The maximum atomic E-state index is 11.0. The minimum absolute atomic E-state index is 0.0906. The zero-order valence-electron chi connectivity index (χ0n) is 16.7. The van der Waals surface area contributed by atoms with Crippen molar-refractivity contribution in [1.82, 2.24) is 0 Å². The molecule has 4 aromatic rings. The summed E-state index contributed by atoms with van der Waals surface area (Å²) < 4.78 is 52.6. The van der Waals surface area contributed by atoms with Crippen LogP contribution < -0.4 is 0 Å². The van der Waals surface area contributed by atoms with E-state index in [4.69, 9.17) is 15.2 Å². The van der Waals surface area contributed by atoms with Crippen molar-refractivity contribution in [3.05, 3.63) is 109 Å². The van der Waals surface area contributed by atoms with Crippen LogP contribution in [0.1, 0.15) is 0 Å². The predicted octanol–water partition coefficient (Wildman–Crippen LogP) is 5.88. The second kappa shape index (κ2) is 10.1. The van der Waals surface area contributed by atoms with Crippen molar-refractivity contribution in [2.45, 2.75) is 9.79 Å². The quantitative estimate of drug-likeness (QED) is 0.287. The fourth-order valence-corrected chi connectivity index (χ4v) is 4.14. The van der Waals surface area contributed by atoms with Gasteiger partial charge in [0.1, 0.15) is 0 Å². The highest BCUT2D eigenvalue weighted by Gasteiger charge is 2.09. The van der Waals surface area contributed by atoms with Gasteiger partial charge in [-0.2, -0.15) is 8.42 Å². The molecule has 0 amide bonds. The summed E-state index contributed by atoms with van der Waals surface area (Å²) in [6.07, 6.45) is 0. The number of hydrogen-bond acceptors (Lipinski definition) is 4. The molecule has 0 aliphatic heterocycles. The Morgan fingerprint density at radius 3 is 1.09 bits per heavy atom. The van der Waals surface area contributed by atoms with Crippen molar-refractivity contribution in [2.75, 3.05) is 0 Å². The van der Waals surface area contributed by atoms with Crippen LogP contribution in [0.4, 0.5) is 0 Å². The van der Waals surface area contributed by atoms with E-state index in [0.29, 0.717) is 0 Å². The van der Waals surface area contributed by atoms with Crippen LogP contribution in [0.15, 0.2) is 119 Å². The zero-order chi connectivity index (χ0) is 23.2. The summed E-state index contributed by atoms with van der Waals surface area (Å²) in [5.41, 5.74) is 3.92. The van der Waals surface area contributed by atoms with Gasteiger partial charge in [-0.25, -0.2) is 8.42 Å². The molecule has 0 heterocycles. The largest absolute Gasteiger partial charge is 0.294 e. The van der Waals surface area contributed by atoms with E-state index in [1.165, 1.54) is 24.3 Å². The highest BCUT2D eigenvalue weighted by atomic mass is 35.7. The van der Waals surface area contributed by atoms with Crippen LogP contribution in [-0.2, 0) is 19.2 Å². The molecule has 0 spiro atoms. The van der Waals surface area contributed by atoms with Crippen LogP contribution in [0.2, 0.25) is 0 Å². The molecule has 0 saturated heterocycles. The summed E-state index contributed by atoms with van der Waals surface area (Å²) >= 11 is 0. The van der Waals surface area contributed by atoms with E-state index in [-0.39, 0.29) is 9.79 Å². The molecular formula is C24H19ClO5S2. The van der Waals surface area contributed by atoms with E-state index in [1.54, 1.807) is 24.3 Å². The number of benzene rings is 4. The lowest BCUT2D eigenvalue weighted by molar-refractivity contribution is 0.483. The Kier molecular flexibility index (Phi) is 7.48. The second-order valence-electron chi connectivity index (χ2n) is 6.69. The molecular weight excluding hydrogens is 468 g/mol. The Balaban J connectivity index is 0.000000181. The van der Waals surface area contributed by atoms with E-state index in [0.717, 1.165) is 22.3 Å². The third kappa shape index (κ3) is 6.51. The molecule has 0 radical (unpaired) electrons. The standard InChI is InChI=1S/C12H9ClO2S.C12H10O3S/c2*13-16(14,15)12-8-6-11(7-9-12)10-4-2-1-3-5-10/h1-9H;1-9H,(H,13,14,15). The maximum absolute atomic E-state index is 11.0. The summed E-state index contributed by atoms with van der Waals surface area (Å²) in [6.45, 7) is 0. The van der Waals surface area contributed by atoms with Gasteiger partial charge in [0.2, 0.25) is 0 Å². The van der Waals surface area contributed by atoms with Crippen LogP contribution in [0.3, 0.4) is 0 Å². The van der Waals surface area contributed by atoms with Gasteiger partial charge in [0, 0.05) is 10.7 Å². The van der Waals surface area contributed by atoms with E-state index in [1.807, 2.05) is 60.7 Å². The van der Waals surface area contributed by atoms with Gasteiger partial charge in [-0.05, 0) is 46.5 Å². The Labute approximate surface area is 192 Å². The number of hydrogen-bond donors (Lipinski definition) is 1. The van der Waals surface area contributed by atoms with Gasteiger partial charge in [0.05, 0.1) is 9.79 Å². The van der Waals surface area contributed by atoms with Gasteiger partial charge in [0.15, 0.2) is 0 Å². The van der Waals surface area contributed by atoms with Crippen LogP contribution >= 0.6 is 10.7 Å². The van der Waals surface area contributed by atoms with Gasteiger partial charge >= 0.3 is 0 Å². The first-order valence-electron chi connectivity index (χ1n) is 9.38. The van der Waals surface area contributed by atoms with E-state index >= 15 is 0 Å². The summed E-state index contributed by atoms with van der Waals surface area (Å²) in [4.78, 5) is 0.0287. The molecule has 5 nitrogen and oxygen atoms in total. The second-order valence-corrected chi connectivity index (χ2v) is 10.7. The fourth-order valence-electron chi connectivity index (χ4n) is 2.89. The Morgan fingerprint density at radius 1 is 0.469 bits per heavy atom. The van der Waals surface area contributed by atoms with Gasteiger partial charge in [-0.15, -0.1) is 0 Å². The third-order valence-corrected chi connectivity index (χ3v) is 6.74. The Hall–Kier alpha value is -2.97. The maximum Gasteiger partial charge on any atom is 0.294 e. The number of rotatable bonds is 4. The molecule has 4 aromatic carbocycles. The molecule has 4 rings (SSSR count). The van der Waals surface area contributed by atoms with Gasteiger partial charge in [-0.3, -0.25) is 4.55 Å². The summed E-state index contributed by atoms with van der Waals surface area (Å²) in [5.74, 6) is 0. The molecule has 0 aliphatic rings. The van der Waals surface area contributed by atoms with Crippen LogP contribution in [0.25, 0.3) is 22.3 Å². The number of halogens is 1. The molecule has 0 saturated carbocycles. The van der Waals surface area contributed by atoms with Gasteiger partial charge in [0.25, 0.3) is 19.2 Å². The molecule has 164 valence electrons. The summed E-state index contributed by atoms with van der Waals surface area (Å²) in [5, 5.41) is 0. The lowest BCUT2D eigenvalue weighted by Crippen LogP contribution is -1.97. The average molecular weight is 487 g/mol. The Morgan fingerprint density at radius 2 is 0.781 bits per heavy atom. The van der Waals surface area contributed by atoms with E-state index < -0.39 is 19.2 Å². The molecule has 0 atom stereocenters. The van der Waals surface area contributed by atoms with Crippen molar-refractivity contribution in [2.24, 2.45) is 0 Å². The molecule has 0 fully saturated rings. The molecule has 32 heavy (non-hydrogen) atoms. The molecule has 1 N–H and O–H groups in total. The normalized spacial score (nSPS) is 11.3. The lowest BCUT2D eigenvalue weighted by atomic mass is 10.1. The first-order chi connectivity index (χ1) is 15.1. The monoisotopic (exact) mass is 486 g/mol. The fraction of sp³-hybridized carbons (Fsp3) is 0. The Bertz CT molecular complexity index is 1260. The van der Waals surface area contributed by atoms with Gasteiger partial charge in [-0.1, -0.05) is 84.9 Å². The topological polar surface area (TPSA) is 88.5 Å². The van der Waals surface area contributed by atoms with Crippen molar-refractivity contribution >= 4 is 29.9 Å². The molecule has 0 aliphatic carbocycles. The lowest BCUT2D eigenvalue weighted by Gasteiger charge is -2.02. The van der Waals surface area contributed by atoms with Crippen LogP contribution in [0.5, 0.6) is 0 Å². The highest BCUT2D eigenvalue weighted by Crippen LogP contribution is 2.23. The first kappa shape index (κ1) is 23.7. The summed E-state index contributed by atoms with van der Waals surface area (Å²) in [7, 11) is -2.50. The van der Waals surface area contributed by atoms with E-state index in [2.05, 4.69) is 0 Å². The minimum atomic E-state index is -4.10. The highest BCUT2D eigenvalue weighted by molar-refractivity contribution is 8.13. The molecule has 0 unspecified atom stereocenters. The molecule has 0 bridgehead atoms. The first-order valence-corrected chi connectivity index (χ1v) is 13.1. The minimum Gasteiger partial charge on any atom is -0.282 e. The van der Waals surface area contributed by atoms with Crippen LogP contribution in [0, 0.1) is 0 Å². The van der Waals surface area contributed by atoms with Gasteiger partial charge < -0.3 is 0 Å². The smallest absolute Gasteiger partial charge is 0.282 e. The molecule has 0 aromatic heterocycles. The SMILES string of the molecule is O=S(=O)(Cl)c1ccc(-c2ccccc2)cc1.O=S(=O)(O)c1ccc(-c2ccccc2)cc1. The zero-order valence-corrected chi connectivity index (χ0v) is 19.1. The van der Waals surface area contributed by atoms with Crippen molar-refractivity contribution < 1.29 is 21.4 Å². The van der Waals surface area contributed by atoms with E-state index in [9.17, 15) is 16.8 Å². The average Bonchev–Trinajstić information content (AvgIpc) is 2.80. The van der Waals surface area contributed by atoms with Crippen LogP contribution in [-0.4, -0.2) is 21.4 Å². The summed E-state index contributed by atoms with van der Waals surface area (Å²) in [6, 6.07) is 31.9. The third-order valence-electron chi connectivity index (χ3n) is 4.50.